The predicted molar refractivity (Wildman–Crippen MR) is 113 cm³/mol. The fraction of sp³-hybridized carbons (Fsp3) is 0.435. The van der Waals surface area contributed by atoms with Crippen LogP contribution in [0.4, 0.5) is 0 Å². The van der Waals surface area contributed by atoms with Crippen LogP contribution in [0.15, 0.2) is 30.5 Å². The first kappa shape index (κ1) is 18.3. The van der Waals surface area contributed by atoms with Crippen molar-refractivity contribution in [2.75, 3.05) is 26.7 Å². The van der Waals surface area contributed by atoms with Gasteiger partial charge in [-0.25, -0.2) is 9.50 Å². The van der Waals surface area contributed by atoms with E-state index in [1.165, 1.54) is 0 Å². The van der Waals surface area contributed by atoms with Gasteiger partial charge in [-0.2, -0.15) is 5.10 Å². The van der Waals surface area contributed by atoms with E-state index in [1.807, 2.05) is 29.8 Å². The Bertz CT molecular complexity index is 1090. The number of piperidine rings is 1. The molecule has 29 heavy (non-hydrogen) atoms. The zero-order valence-corrected chi connectivity index (χ0v) is 17.4. The maximum Gasteiger partial charge on any atom is 0.254 e. The molecule has 2 aliphatic heterocycles. The Morgan fingerprint density at radius 1 is 1.07 bits per heavy atom. The number of benzene rings is 1. The minimum Gasteiger partial charge on any atom is -0.335 e. The van der Waals surface area contributed by atoms with Crippen LogP contribution in [-0.4, -0.2) is 63.0 Å². The van der Waals surface area contributed by atoms with Crippen LogP contribution in [0.1, 0.15) is 40.0 Å². The van der Waals surface area contributed by atoms with E-state index < -0.39 is 0 Å². The number of aryl methyl sites for hydroxylation is 2. The number of imidazole rings is 1. The first-order chi connectivity index (χ1) is 14.0. The van der Waals surface area contributed by atoms with Crippen LogP contribution < -0.4 is 0 Å². The van der Waals surface area contributed by atoms with Gasteiger partial charge in [0.05, 0.1) is 17.6 Å². The lowest BCUT2D eigenvalue weighted by molar-refractivity contribution is 0.0572. The predicted octanol–water partition coefficient (Wildman–Crippen LogP) is 3.11. The van der Waals surface area contributed by atoms with Crippen LogP contribution in [0.3, 0.4) is 0 Å². The molecule has 5 rings (SSSR count). The minimum absolute atomic E-state index is 0.192. The summed E-state index contributed by atoms with van der Waals surface area (Å²) in [5, 5.41) is 4.74. The zero-order valence-electron chi connectivity index (χ0n) is 17.4. The number of likely N-dealkylation sites (tertiary alicyclic amines) is 1. The molecule has 150 valence electrons. The molecular weight excluding hydrogens is 362 g/mol. The van der Waals surface area contributed by atoms with Crippen molar-refractivity contribution in [2.24, 2.45) is 0 Å². The number of carbonyl (C=O) groups is 1. The lowest BCUT2D eigenvalue weighted by atomic mass is 9.92. The standard InChI is InChI=1S/C23H27N5O/c1-15-12-21(25-28-14-16(2)24-22(15)28)18-4-5-20-17(13-18)6-11-27(23(20)29)19-7-9-26(3)10-8-19/h4-5,12-14,19H,6-11H2,1-3H3. The number of amides is 1. The van der Waals surface area contributed by atoms with Crippen molar-refractivity contribution in [1.29, 1.82) is 0 Å². The quantitative estimate of drug-likeness (QED) is 0.676. The van der Waals surface area contributed by atoms with Gasteiger partial charge in [-0.3, -0.25) is 4.79 Å². The lowest BCUT2D eigenvalue weighted by Crippen LogP contribution is -2.49. The molecule has 0 aliphatic carbocycles. The zero-order chi connectivity index (χ0) is 20.1. The van der Waals surface area contributed by atoms with E-state index in [0.717, 1.165) is 78.2 Å². The van der Waals surface area contributed by atoms with Gasteiger partial charge in [-0.1, -0.05) is 6.07 Å². The van der Waals surface area contributed by atoms with E-state index >= 15 is 0 Å². The molecule has 1 aromatic carbocycles. The van der Waals surface area contributed by atoms with Crippen LogP contribution in [0.2, 0.25) is 0 Å². The summed E-state index contributed by atoms with van der Waals surface area (Å²) in [6, 6.07) is 8.64. The third-order valence-corrected chi connectivity index (χ3v) is 6.37. The Morgan fingerprint density at radius 2 is 1.86 bits per heavy atom. The molecule has 0 atom stereocenters. The van der Waals surface area contributed by atoms with Gasteiger partial charge in [0.25, 0.3) is 5.91 Å². The van der Waals surface area contributed by atoms with E-state index in [1.54, 1.807) is 0 Å². The number of rotatable bonds is 2. The second-order valence-electron chi connectivity index (χ2n) is 8.52. The maximum absolute atomic E-state index is 13.2. The van der Waals surface area contributed by atoms with Gasteiger partial charge in [0.1, 0.15) is 0 Å². The van der Waals surface area contributed by atoms with Crippen molar-refractivity contribution in [1.82, 2.24) is 24.4 Å². The molecule has 4 heterocycles. The average molecular weight is 390 g/mol. The first-order valence-electron chi connectivity index (χ1n) is 10.5. The Morgan fingerprint density at radius 3 is 2.66 bits per heavy atom. The highest BCUT2D eigenvalue weighted by atomic mass is 16.2. The third kappa shape index (κ3) is 3.21. The Labute approximate surface area is 171 Å². The van der Waals surface area contributed by atoms with Gasteiger partial charge in [0.2, 0.25) is 0 Å². The van der Waals surface area contributed by atoms with E-state index in [0.29, 0.717) is 6.04 Å². The molecule has 1 saturated heterocycles. The molecule has 0 unspecified atom stereocenters. The largest absolute Gasteiger partial charge is 0.335 e. The molecular formula is C23H27N5O. The van der Waals surface area contributed by atoms with Crippen LogP contribution in [0.5, 0.6) is 0 Å². The number of nitrogens with zero attached hydrogens (tertiary/aromatic N) is 5. The first-order valence-corrected chi connectivity index (χ1v) is 10.5. The summed E-state index contributed by atoms with van der Waals surface area (Å²) in [5.74, 6) is 0.192. The highest BCUT2D eigenvalue weighted by molar-refractivity contribution is 5.97. The summed E-state index contributed by atoms with van der Waals surface area (Å²) in [4.78, 5) is 22.1. The summed E-state index contributed by atoms with van der Waals surface area (Å²) in [5.41, 5.74) is 6.93. The molecule has 2 aromatic heterocycles. The van der Waals surface area contributed by atoms with Gasteiger partial charge in [0.15, 0.2) is 5.65 Å². The van der Waals surface area contributed by atoms with E-state index in [4.69, 9.17) is 5.10 Å². The Kier molecular flexibility index (Phi) is 4.39. The van der Waals surface area contributed by atoms with Crippen molar-refractivity contribution in [3.05, 3.63) is 52.8 Å². The highest BCUT2D eigenvalue weighted by Gasteiger charge is 2.31. The molecule has 0 radical (unpaired) electrons. The van der Waals surface area contributed by atoms with E-state index in [9.17, 15) is 4.79 Å². The van der Waals surface area contributed by atoms with Crippen LogP contribution in [0, 0.1) is 13.8 Å². The van der Waals surface area contributed by atoms with Crippen LogP contribution >= 0.6 is 0 Å². The summed E-state index contributed by atoms with van der Waals surface area (Å²) in [7, 11) is 2.16. The van der Waals surface area contributed by atoms with Crippen molar-refractivity contribution < 1.29 is 4.79 Å². The summed E-state index contributed by atoms with van der Waals surface area (Å²) in [6.45, 7) is 7.00. The monoisotopic (exact) mass is 389 g/mol. The van der Waals surface area contributed by atoms with Gasteiger partial charge in [0, 0.05) is 23.7 Å². The summed E-state index contributed by atoms with van der Waals surface area (Å²) in [6.07, 6.45) is 5.01. The minimum atomic E-state index is 0.192. The van der Waals surface area contributed by atoms with E-state index in [2.05, 4.69) is 40.9 Å². The van der Waals surface area contributed by atoms with Gasteiger partial charge in [-0.05, 0) is 82.6 Å². The molecule has 0 saturated carbocycles. The molecule has 6 nitrogen and oxygen atoms in total. The lowest BCUT2D eigenvalue weighted by Gasteiger charge is -2.39. The second kappa shape index (κ2) is 6.95. The highest BCUT2D eigenvalue weighted by Crippen LogP contribution is 2.29. The molecule has 1 fully saturated rings. The normalized spacial score (nSPS) is 18.4. The third-order valence-electron chi connectivity index (χ3n) is 6.37. The number of hydrogen-bond acceptors (Lipinski definition) is 4. The fourth-order valence-corrected chi connectivity index (χ4v) is 4.71. The van der Waals surface area contributed by atoms with Gasteiger partial charge in [-0.15, -0.1) is 0 Å². The molecule has 0 spiro atoms. The summed E-state index contributed by atoms with van der Waals surface area (Å²) >= 11 is 0. The van der Waals surface area contributed by atoms with Crippen molar-refractivity contribution in [3.63, 3.8) is 0 Å². The second-order valence-corrected chi connectivity index (χ2v) is 8.52. The van der Waals surface area contributed by atoms with E-state index in [-0.39, 0.29) is 5.91 Å². The summed E-state index contributed by atoms with van der Waals surface area (Å²) < 4.78 is 1.85. The maximum atomic E-state index is 13.2. The number of fused-ring (bicyclic) bond motifs is 2. The molecule has 1 amide bonds. The van der Waals surface area contributed by atoms with Crippen molar-refractivity contribution in [2.45, 2.75) is 39.2 Å². The van der Waals surface area contributed by atoms with Gasteiger partial charge < -0.3 is 9.80 Å². The van der Waals surface area contributed by atoms with Gasteiger partial charge >= 0.3 is 0 Å². The number of carbonyl (C=O) groups excluding carboxylic acids is 1. The fourth-order valence-electron chi connectivity index (χ4n) is 4.71. The topological polar surface area (TPSA) is 53.7 Å². The molecule has 0 N–H and O–H groups in total. The van der Waals surface area contributed by atoms with Crippen LogP contribution in [0.25, 0.3) is 16.9 Å². The number of hydrogen-bond donors (Lipinski definition) is 0. The average Bonchev–Trinajstić information content (AvgIpc) is 3.10. The SMILES string of the molecule is Cc1cn2nc(-c3ccc4c(c3)CCN(C3CCN(C)CC3)C4=O)cc(C)c2n1. The Hall–Kier alpha value is -2.73. The molecule has 3 aromatic rings. The molecule has 0 bridgehead atoms. The number of aromatic nitrogens is 3. The van der Waals surface area contributed by atoms with Crippen molar-refractivity contribution >= 4 is 11.6 Å². The molecule has 6 heteroatoms. The molecule has 2 aliphatic rings. The Balaban J connectivity index is 1.45. The smallest absolute Gasteiger partial charge is 0.254 e. The van der Waals surface area contributed by atoms with Crippen molar-refractivity contribution in [3.8, 4) is 11.3 Å². The van der Waals surface area contributed by atoms with Crippen LogP contribution in [-0.2, 0) is 6.42 Å².